The van der Waals surface area contributed by atoms with Gasteiger partial charge in [-0.25, -0.2) is 4.98 Å². The van der Waals surface area contributed by atoms with E-state index in [4.69, 9.17) is 9.47 Å². The molecule has 1 atom stereocenters. The van der Waals surface area contributed by atoms with Gasteiger partial charge in [-0.3, -0.25) is 0 Å². The molecule has 0 N–H and O–H groups in total. The zero-order valence-electron chi connectivity index (χ0n) is 13.3. The molecule has 1 aliphatic rings. The summed E-state index contributed by atoms with van der Waals surface area (Å²) in [5.74, 6) is 1.69. The number of aromatic nitrogens is 2. The molecule has 0 radical (unpaired) electrons. The zero-order valence-corrected chi connectivity index (χ0v) is 15.7. The molecule has 2 heterocycles. The first-order valence-electron chi connectivity index (χ1n) is 7.66. The Morgan fingerprint density at radius 3 is 3.04 bits per heavy atom. The summed E-state index contributed by atoms with van der Waals surface area (Å²) in [5, 5.41) is 0.910. The Morgan fingerprint density at radius 2 is 2.35 bits per heavy atom. The summed E-state index contributed by atoms with van der Waals surface area (Å²) in [6.45, 7) is 4.06. The highest BCUT2D eigenvalue weighted by atomic mass is 79.9. The van der Waals surface area contributed by atoms with E-state index in [0.717, 1.165) is 52.7 Å². The van der Waals surface area contributed by atoms with Gasteiger partial charge in [0.1, 0.15) is 18.2 Å². The maximum absolute atomic E-state index is 6.06. The quantitative estimate of drug-likeness (QED) is 0.741. The van der Waals surface area contributed by atoms with Crippen LogP contribution in [0, 0.1) is 6.92 Å². The van der Waals surface area contributed by atoms with E-state index in [1.54, 1.807) is 0 Å². The highest BCUT2D eigenvalue weighted by molar-refractivity contribution is 9.10. The molecule has 0 amide bonds. The minimum Gasteiger partial charge on any atom is -0.489 e. The predicted octanol–water partition coefficient (Wildman–Crippen LogP) is 3.80. The molecule has 1 aromatic heterocycles. The highest BCUT2D eigenvalue weighted by Gasteiger charge is 2.18. The number of para-hydroxylation sites is 1. The molecule has 5 nitrogen and oxygen atoms in total. The molecule has 0 saturated carbocycles. The van der Waals surface area contributed by atoms with Crippen LogP contribution in [0.3, 0.4) is 0 Å². The van der Waals surface area contributed by atoms with Gasteiger partial charge in [0.15, 0.2) is 0 Å². The summed E-state index contributed by atoms with van der Waals surface area (Å²) in [6.07, 6.45) is 2.40. The normalized spacial score (nSPS) is 17.4. The van der Waals surface area contributed by atoms with Crippen molar-refractivity contribution in [3.8, 4) is 5.75 Å². The average molecular weight is 398 g/mol. The van der Waals surface area contributed by atoms with Crippen molar-refractivity contribution in [3.63, 3.8) is 0 Å². The van der Waals surface area contributed by atoms with Gasteiger partial charge in [-0.1, -0.05) is 12.1 Å². The van der Waals surface area contributed by atoms with Gasteiger partial charge in [-0.15, -0.1) is 0 Å². The molecule has 1 saturated heterocycles. The Balaban J connectivity index is 1.71. The maximum atomic E-state index is 6.06. The van der Waals surface area contributed by atoms with Crippen LogP contribution >= 0.6 is 27.5 Å². The van der Waals surface area contributed by atoms with Crippen molar-refractivity contribution in [2.24, 2.45) is 0 Å². The van der Waals surface area contributed by atoms with Crippen LogP contribution in [-0.4, -0.2) is 35.7 Å². The fourth-order valence-corrected chi connectivity index (χ4v) is 3.71. The number of aryl methyl sites for hydroxylation is 1. The van der Waals surface area contributed by atoms with Crippen LogP contribution in [0.1, 0.15) is 24.2 Å². The first-order chi connectivity index (χ1) is 11.1. The highest BCUT2D eigenvalue weighted by Crippen LogP contribution is 2.31. The van der Waals surface area contributed by atoms with Crippen molar-refractivity contribution in [2.45, 2.75) is 32.4 Å². The summed E-state index contributed by atoms with van der Waals surface area (Å²) in [7, 11) is 2.02. The minimum atomic E-state index is 0.207. The number of benzene rings is 1. The summed E-state index contributed by atoms with van der Waals surface area (Å²) >= 11 is 5.01. The van der Waals surface area contributed by atoms with Gasteiger partial charge in [0.25, 0.3) is 0 Å². The van der Waals surface area contributed by atoms with Crippen LogP contribution in [-0.2, 0) is 11.3 Å². The Bertz CT molecular complexity index is 659. The maximum Gasteiger partial charge on any atom is 0.205 e. The average Bonchev–Trinajstić information content (AvgIpc) is 3.18. The molecule has 23 heavy (non-hydrogen) atoms. The van der Waals surface area contributed by atoms with E-state index in [1.165, 1.54) is 11.5 Å². The first-order valence-corrected chi connectivity index (χ1v) is 9.23. The number of nitrogens with zero attached hydrogens (tertiary/aromatic N) is 3. The van der Waals surface area contributed by atoms with E-state index >= 15 is 0 Å². The third kappa shape index (κ3) is 4.22. The van der Waals surface area contributed by atoms with Gasteiger partial charge in [0.05, 0.1) is 10.6 Å². The summed E-state index contributed by atoms with van der Waals surface area (Å²) in [5.41, 5.74) is 1.12. The van der Waals surface area contributed by atoms with Crippen LogP contribution in [0.15, 0.2) is 22.7 Å². The molecule has 1 aromatic carbocycles. The first kappa shape index (κ1) is 16.7. The molecule has 3 rings (SSSR count). The van der Waals surface area contributed by atoms with Crippen molar-refractivity contribution in [1.82, 2.24) is 9.36 Å². The lowest BCUT2D eigenvalue weighted by atomic mass is 10.2. The largest absolute Gasteiger partial charge is 0.489 e. The Hall–Kier alpha value is -1.18. The monoisotopic (exact) mass is 397 g/mol. The molecule has 0 bridgehead atoms. The molecular weight excluding hydrogens is 378 g/mol. The summed E-state index contributed by atoms with van der Waals surface area (Å²) in [6, 6.07) is 6.11. The number of halogens is 1. The van der Waals surface area contributed by atoms with E-state index in [2.05, 4.69) is 36.3 Å². The standard InChI is InChI=1S/C16H20BrN3O2S/c1-11-18-16(23-19-11)20(2)9-12-5-3-7-14(17)15(12)22-10-13-6-4-8-21-13/h3,5,7,13H,4,6,8-10H2,1-2H3. The minimum absolute atomic E-state index is 0.207. The fourth-order valence-electron chi connectivity index (χ4n) is 2.56. The van der Waals surface area contributed by atoms with Gasteiger partial charge in [-0.05, 0) is 41.8 Å². The van der Waals surface area contributed by atoms with E-state index < -0.39 is 0 Å². The SMILES string of the molecule is Cc1nsc(N(C)Cc2cccc(Br)c2OCC2CCCO2)n1. The van der Waals surface area contributed by atoms with Gasteiger partial charge in [-0.2, -0.15) is 4.37 Å². The van der Waals surface area contributed by atoms with E-state index in [0.29, 0.717) is 6.61 Å². The van der Waals surface area contributed by atoms with Crippen LogP contribution in [0.5, 0.6) is 5.75 Å². The second-order valence-corrected chi connectivity index (χ2v) is 7.24. The topological polar surface area (TPSA) is 47.5 Å². The Morgan fingerprint density at radius 1 is 1.48 bits per heavy atom. The van der Waals surface area contributed by atoms with Gasteiger partial charge in [0, 0.05) is 37.3 Å². The number of rotatable bonds is 6. The lowest BCUT2D eigenvalue weighted by Gasteiger charge is -2.20. The van der Waals surface area contributed by atoms with Gasteiger partial charge >= 0.3 is 0 Å². The van der Waals surface area contributed by atoms with E-state index in [-0.39, 0.29) is 6.10 Å². The van der Waals surface area contributed by atoms with E-state index in [9.17, 15) is 0 Å². The van der Waals surface area contributed by atoms with E-state index in [1.807, 2.05) is 26.1 Å². The summed E-state index contributed by atoms with van der Waals surface area (Å²) < 4.78 is 16.9. The number of hydrogen-bond acceptors (Lipinski definition) is 6. The lowest BCUT2D eigenvalue weighted by molar-refractivity contribution is 0.0673. The third-order valence-corrected chi connectivity index (χ3v) is 5.28. The Labute approximate surface area is 148 Å². The van der Waals surface area contributed by atoms with Crippen molar-refractivity contribution in [1.29, 1.82) is 0 Å². The molecule has 2 aromatic rings. The van der Waals surface area contributed by atoms with Crippen molar-refractivity contribution >= 4 is 32.6 Å². The third-order valence-electron chi connectivity index (χ3n) is 3.74. The fraction of sp³-hybridized carbons (Fsp3) is 0.500. The van der Waals surface area contributed by atoms with Crippen molar-refractivity contribution in [2.75, 3.05) is 25.2 Å². The van der Waals surface area contributed by atoms with Crippen LogP contribution < -0.4 is 9.64 Å². The predicted molar refractivity (Wildman–Crippen MR) is 95.4 cm³/mol. The number of anilines is 1. The van der Waals surface area contributed by atoms with Crippen molar-refractivity contribution < 1.29 is 9.47 Å². The van der Waals surface area contributed by atoms with Gasteiger partial charge < -0.3 is 14.4 Å². The molecule has 7 heteroatoms. The molecule has 0 spiro atoms. The number of hydrogen-bond donors (Lipinski definition) is 0. The second-order valence-electron chi connectivity index (χ2n) is 5.65. The Kier molecular flexibility index (Phi) is 5.50. The lowest BCUT2D eigenvalue weighted by Crippen LogP contribution is -2.20. The molecule has 1 unspecified atom stereocenters. The summed E-state index contributed by atoms with van der Waals surface area (Å²) in [4.78, 5) is 6.52. The molecule has 0 aliphatic carbocycles. The molecular formula is C16H20BrN3O2S. The van der Waals surface area contributed by atoms with Gasteiger partial charge in [0.2, 0.25) is 5.13 Å². The smallest absolute Gasteiger partial charge is 0.205 e. The molecule has 124 valence electrons. The zero-order chi connectivity index (χ0) is 16.2. The number of ether oxygens (including phenoxy) is 2. The molecule has 1 fully saturated rings. The second kappa shape index (κ2) is 7.59. The van der Waals surface area contributed by atoms with Crippen molar-refractivity contribution in [3.05, 3.63) is 34.1 Å². The van der Waals surface area contributed by atoms with Crippen LogP contribution in [0.25, 0.3) is 0 Å². The van der Waals surface area contributed by atoms with Crippen LogP contribution in [0.2, 0.25) is 0 Å². The molecule has 1 aliphatic heterocycles. The van der Waals surface area contributed by atoms with Crippen LogP contribution in [0.4, 0.5) is 5.13 Å².